The summed E-state index contributed by atoms with van der Waals surface area (Å²) in [7, 11) is 0. The molecule has 1 heterocycles. The van der Waals surface area contributed by atoms with Gasteiger partial charge in [-0.3, -0.25) is 14.4 Å². The summed E-state index contributed by atoms with van der Waals surface area (Å²) in [6.07, 6.45) is -0.182. The van der Waals surface area contributed by atoms with Crippen LogP contribution in [0.5, 0.6) is 0 Å². The fourth-order valence-corrected chi connectivity index (χ4v) is 2.17. The monoisotopic (exact) mass is 305 g/mol. The third-order valence-corrected chi connectivity index (χ3v) is 3.09. The molecule has 8 nitrogen and oxygen atoms in total. The van der Waals surface area contributed by atoms with Gasteiger partial charge < -0.3 is 15.7 Å². The zero-order chi connectivity index (χ0) is 16.3. The lowest BCUT2D eigenvalue weighted by Gasteiger charge is -2.14. The number of amides is 4. The zero-order valence-corrected chi connectivity index (χ0v) is 11.8. The summed E-state index contributed by atoms with van der Waals surface area (Å²) in [5.74, 6) is -1.81. The molecule has 1 aromatic rings. The molecule has 1 aromatic carbocycles. The lowest BCUT2D eigenvalue weighted by molar-refractivity contribution is -0.137. The smallest absolute Gasteiger partial charge is 0.329 e. The summed E-state index contributed by atoms with van der Waals surface area (Å²) in [6.45, 7) is 1.35. The first kappa shape index (κ1) is 15.5. The van der Waals surface area contributed by atoms with Crippen LogP contribution >= 0.6 is 0 Å². The van der Waals surface area contributed by atoms with E-state index in [9.17, 15) is 19.2 Å². The molecule has 0 radical (unpaired) electrons. The minimum absolute atomic E-state index is 0.0296. The highest BCUT2D eigenvalue weighted by Crippen LogP contribution is 2.24. The molecule has 0 unspecified atom stereocenters. The number of imide groups is 1. The Morgan fingerprint density at radius 2 is 2.09 bits per heavy atom. The minimum atomic E-state index is -1.03. The molecular weight excluding hydrogens is 290 g/mol. The van der Waals surface area contributed by atoms with Crippen molar-refractivity contribution in [3.8, 4) is 0 Å². The average Bonchev–Trinajstić information content (AvgIpc) is 2.70. The van der Waals surface area contributed by atoms with Crippen LogP contribution in [0.3, 0.4) is 0 Å². The van der Waals surface area contributed by atoms with Gasteiger partial charge in [0.05, 0.1) is 5.69 Å². The lowest BCUT2D eigenvalue weighted by Crippen LogP contribution is -2.31. The van der Waals surface area contributed by atoms with Gasteiger partial charge >= 0.3 is 12.0 Å². The number of carboxylic acids is 1. The first-order chi connectivity index (χ1) is 10.4. The van der Waals surface area contributed by atoms with E-state index in [0.717, 1.165) is 4.90 Å². The highest BCUT2D eigenvalue weighted by atomic mass is 16.4. The topological polar surface area (TPSA) is 116 Å². The molecule has 0 saturated carbocycles. The van der Waals surface area contributed by atoms with Gasteiger partial charge in [0.15, 0.2) is 0 Å². The number of carbonyl (C=O) groups excluding carboxylic acids is 3. The number of hydrogen-bond acceptors (Lipinski definition) is 4. The van der Waals surface area contributed by atoms with E-state index in [1.807, 2.05) is 0 Å². The number of aliphatic carboxylic acids is 1. The van der Waals surface area contributed by atoms with Gasteiger partial charge in [0, 0.05) is 19.0 Å². The Labute approximate surface area is 126 Å². The van der Waals surface area contributed by atoms with Gasteiger partial charge in [-0.1, -0.05) is 6.07 Å². The van der Waals surface area contributed by atoms with Crippen LogP contribution in [-0.2, 0) is 14.4 Å². The van der Waals surface area contributed by atoms with Crippen LogP contribution in [-0.4, -0.2) is 35.0 Å². The standard InChI is InChI=1S/C14H15N3O5/c1-8(18)15-9-3-2-4-10(7-9)17-13(21)11(16-14(17)22)5-6-12(19)20/h2-4,7,11H,5-6H2,1H3,(H,15,18)(H,16,22)(H,19,20)/t11-/m1/s1. The lowest BCUT2D eigenvalue weighted by atomic mass is 10.1. The Balaban J connectivity index is 2.18. The largest absolute Gasteiger partial charge is 0.481 e. The normalized spacial score (nSPS) is 17.3. The molecule has 0 aromatic heterocycles. The molecule has 0 spiro atoms. The van der Waals surface area contributed by atoms with E-state index in [1.165, 1.54) is 13.0 Å². The van der Waals surface area contributed by atoms with Gasteiger partial charge in [-0.15, -0.1) is 0 Å². The Bertz CT molecular complexity index is 643. The number of benzene rings is 1. The van der Waals surface area contributed by atoms with Crippen molar-refractivity contribution in [2.45, 2.75) is 25.8 Å². The van der Waals surface area contributed by atoms with Crippen LogP contribution < -0.4 is 15.5 Å². The molecule has 2 rings (SSSR count). The van der Waals surface area contributed by atoms with E-state index in [1.54, 1.807) is 18.2 Å². The molecular formula is C14H15N3O5. The predicted molar refractivity (Wildman–Crippen MR) is 77.4 cm³/mol. The minimum Gasteiger partial charge on any atom is -0.481 e. The van der Waals surface area contributed by atoms with Crippen LogP contribution in [0.2, 0.25) is 0 Å². The molecule has 116 valence electrons. The molecule has 1 fully saturated rings. The molecule has 22 heavy (non-hydrogen) atoms. The van der Waals surface area contributed by atoms with Crippen molar-refractivity contribution in [3.63, 3.8) is 0 Å². The molecule has 3 N–H and O–H groups in total. The van der Waals surface area contributed by atoms with Crippen molar-refractivity contribution < 1.29 is 24.3 Å². The second-order valence-corrected chi connectivity index (χ2v) is 4.84. The van der Waals surface area contributed by atoms with Crippen molar-refractivity contribution in [1.29, 1.82) is 0 Å². The zero-order valence-electron chi connectivity index (χ0n) is 11.8. The van der Waals surface area contributed by atoms with Crippen LogP contribution in [0.4, 0.5) is 16.2 Å². The fourth-order valence-electron chi connectivity index (χ4n) is 2.17. The van der Waals surface area contributed by atoms with Gasteiger partial charge in [0.25, 0.3) is 5.91 Å². The number of nitrogens with one attached hydrogen (secondary N) is 2. The van der Waals surface area contributed by atoms with Gasteiger partial charge in [0.1, 0.15) is 6.04 Å². The number of hydrogen-bond donors (Lipinski definition) is 3. The van der Waals surface area contributed by atoms with Gasteiger partial charge in [-0.05, 0) is 24.6 Å². The molecule has 1 atom stereocenters. The van der Waals surface area contributed by atoms with Crippen LogP contribution in [0.15, 0.2) is 24.3 Å². The van der Waals surface area contributed by atoms with E-state index in [-0.39, 0.29) is 18.7 Å². The molecule has 8 heteroatoms. The predicted octanol–water partition coefficient (Wildman–Crippen LogP) is 0.935. The summed E-state index contributed by atoms with van der Waals surface area (Å²) in [5, 5.41) is 13.7. The van der Waals surface area contributed by atoms with E-state index in [2.05, 4.69) is 10.6 Å². The third kappa shape index (κ3) is 3.40. The van der Waals surface area contributed by atoms with E-state index in [0.29, 0.717) is 11.4 Å². The maximum atomic E-state index is 12.2. The fraction of sp³-hybridized carbons (Fsp3) is 0.286. The van der Waals surface area contributed by atoms with Crippen molar-refractivity contribution >= 4 is 35.2 Å². The van der Waals surface area contributed by atoms with E-state index in [4.69, 9.17) is 5.11 Å². The number of anilines is 2. The molecule has 1 aliphatic heterocycles. The number of nitrogens with zero attached hydrogens (tertiary/aromatic N) is 1. The summed E-state index contributed by atoms with van der Waals surface area (Å²) >= 11 is 0. The number of carboxylic acid groups (broad SMARTS) is 1. The highest BCUT2D eigenvalue weighted by molar-refractivity contribution is 6.21. The Morgan fingerprint density at radius 3 is 2.73 bits per heavy atom. The molecule has 1 aliphatic rings. The van der Waals surface area contributed by atoms with Gasteiger partial charge in [-0.25, -0.2) is 9.69 Å². The maximum Gasteiger partial charge on any atom is 0.329 e. The molecule has 0 bridgehead atoms. The maximum absolute atomic E-state index is 12.2. The van der Waals surface area contributed by atoms with Gasteiger partial charge in [0.2, 0.25) is 5.91 Å². The van der Waals surface area contributed by atoms with E-state index < -0.39 is 23.9 Å². The van der Waals surface area contributed by atoms with Crippen LogP contribution in [0.25, 0.3) is 0 Å². The average molecular weight is 305 g/mol. The van der Waals surface area contributed by atoms with Crippen molar-refractivity contribution in [1.82, 2.24) is 5.32 Å². The Morgan fingerprint density at radius 1 is 1.36 bits per heavy atom. The number of rotatable bonds is 5. The summed E-state index contributed by atoms with van der Waals surface area (Å²) < 4.78 is 0. The highest BCUT2D eigenvalue weighted by Gasteiger charge is 2.38. The quantitative estimate of drug-likeness (QED) is 0.700. The summed E-state index contributed by atoms with van der Waals surface area (Å²) in [5.41, 5.74) is 0.770. The Hall–Kier alpha value is -2.90. The first-order valence-electron chi connectivity index (χ1n) is 6.62. The summed E-state index contributed by atoms with van der Waals surface area (Å²) in [6, 6.07) is 4.83. The summed E-state index contributed by atoms with van der Waals surface area (Å²) in [4.78, 5) is 46.7. The third-order valence-electron chi connectivity index (χ3n) is 3.09. The first-order valence-corrected chi connectivity index (χ1v) is 6.62. The Kier molecular flexibility index (Phi) is 4.40. The number of urea groups is 1. The van der Waals surface area contributed by atoms with Crippen molar-refractivity contribution in [2.75, 3.05) is 10.2 Å². The molecule has 0 aliphatic carbocycles. The number of carbonyl (C=O) groups is 4. The van der Waals surface area contributed by atoms with Crippen molar-refractivity contribution in [3.05, 3.63) is 24.3 Å². The van der Waals surface area contributed by atoms with Crippen molar-refractivity contribution in [2.24, 2.45) is 0 Å². The van der Waals surface area contributed by atoms with Crippen LogP contribution in [0, 0.1) is 0 Å². The second kappa shape index (κ2) is 6.25. The SMILES string of the molecule is CC(=O)Nc1cccc(N2C(=O)N[C@H](CCC(=O)O)C2=O)c1. The van der Waals surface area contributed by atoms with Gasteiger partial charge in [-0.2, -0.15) is 0 Å². The molecule has 1 saturated heterocycles. The van der Waals surface area contributed by atoms with Crippen LogP contribution in [0.1, 0.15) is 19.8 Å². The van der Waals surface area contributed by atoms with E-state index >= 15 is 0 Å². The molecule has 4 amide bonds. The second-order valence-electron chi connectivity index (χ2n) is 4.84.